The van der Waals surface area contributed by atoms with Crippen LogP contribution in [-0.2, 0) is 18.4 Å². The van der Waals surface area contributed by atoms with E-state index >= 15 is 0 Å². The van der Waals surface area contributed by atoms with Crippen molar-refractivity contribution in [2.45, 2.75) is 20.5 Å². The normalized spacial score (nSPS) is 15.3. The van der Waals surface area contributed by atoms with Crippen molar-refractivity contribution in [3.8, 4) is 0 Å². The Balaban J connectivity index is 1.66. The highest BCUT2D eigenvalue weighted by Gasteiger charge is 2.20. The van der Waals surface area contributed by atoms with E-state index in [1.165, 1.54) is 5.69 Å². The first-order valence-electron chi connectivity index (χ1n) is 8.06. The third kappa shape index (κ3) is 3.79. The van der Waals surface area contributed by atoms with Gasteiger partial charge in [0.05, 0.1) is 11.9 Å². The molecule has 23 heavy (non-hydrogen) atoms. The van der Waals surface area contributed by atoms with Gasteiger partial charge in [0.1, 0.15) is 12.4 Å². The lowest BCUT2D eigenvalue weighted by Crippen LogP contribution is -2.46. The topological polar surface area (TPSA) is 59.3 Å². The Morgan fingerprint density at radius 2 is 1.87 bits per heavy atom. The van der Waals surface area contributed by atoms with E-state index in [9.17, 15) is 0 Å². The predicted octanol–water partition coefficient (Wildman–Crippen LogP) is 1.38. The Morgan fingerprint density at radius 1 is 1.13 bits per heavy atom. The molecule has 0 unspecified atom stereocenters. The van der Waals surface area contributed by atoms with E-state index in [1.807, 2.05) is 31.8 Å². The van der Waals surface area contributed by atoms with Gasteiger partial charge in [-0.1, -0.05) is 0 Å². The molecule has 0 aromatic carbocycles. The molecular formula is C16H24N6O. The monoisotopic (exact) mass is 316 g/mol. The lowest BCUT2D eigenvalue weighted by atomic mass is 10.3. The van der Waals surface area contributed by atoms with Crippen molar-refractivity contribution in [1.82, 2.24) is 19.7 Å². The molecule has 1 fully saturated rings. The minimum atomic E-state index is 0.473. The fourth-order valence-electron chi connectivity index (χ4n) is 2.80. The second kappa shape index (κ2) is 6.95. The number of ether oxygens (including phenoxy) is 1. The summed E-state index contributed by atoms with van der Waals surface area (Å²) in [5, 5.41) is 4.25. The summed E-state index contributed by atoms with van der Waals surface area (Å²) in [5.41, 5.74) is 2.17. The first kappa shape index (κ1) is 15.7. The molecule has 3 heterocycles. The van der Waals surface area contributed by atoms with E-state index in [1.54, 1.807) is 0 Å². The summed E-state index contributed by atoms with van der Waals surface area (Å²) >= 11 is 0. The summed E-state index contributed by atoms with van der Waals surface area (Å²) in [4.78, 5) is 13.8. The van der Waals surface area contributed by atoms with Gasteiger partial charge in [-0.05, 0) is 13.8 Å². The molecule has 1 saturated heterocycles. The molecule has 0 N–H and O–H groups in total. The first-order valence-corrected chi connectivity index (χ1v) is 8.06. The van der Waals surface area contributed by atoms with E-state index in [0.29, 0.717) is 13.2 Å². The van der Waals surface area contributed by atoms with Gasteiger partial charge in [0.2, 0.25) is 0 Å². The van der Waals surface area contributed by atoms with Crippen LogP contribution in [0.15, 0.2) is 18.5 Å². The molecule has 7 nitrogen and oxygen atoms in total. The standard InChI is InChI=1S/C16H24N6O/c1-4-23-12-15-18-13(2)9-16(19-15)22-7-5-21(6-8-22)14-10-17-20(3)11-14/h9-11H,4-8,12H2,1-3H3. The molecule has 1 aliphatic heterocycles. The molecule has 3 rings (SSSR count). The molecular weight excluding hydrogens is 292 g/mol. The zero-order valence-corrected chi connectivity index (χ0v) is 14.1. The van der Waals surface area contributed by atoms with Crippen molar-refractivity contribution in [2.24, 2.45) is 7.05 Å². The van der Waals surface area contributed by atoms with Crippen molar-refractivity contribution in [2.75, 3.05) is 42.6 Å². The molecule has 0 amide bonds. The summed E-state index contributed by atoms with van der Waals surface area (Å²) < 4.78 is 7.28. The first-order chi connectivity index (χ1) is 11.2. The second-order valence-electron chi connectivity index (χ2n) is 5.77. The van der Waals surface area contributed by atoms with Gasteiger partial charge in [0.15, 0.2) is 5.82 Å². The third-order valence-electron chi connectivity index (χ3n) is 3.98. The smallest absolute Gasteiger partial charge is 0.156 e. The number of hydrogen-bond acceptors (Lipinski definition) is 6. The Bertz CT molecular complexity index is 648. The van der Waals surface area contributed by atoms with Gasteiger partial charge in [-0.2, -0.15) is 5.10 Å². The number of piperazine rings is 1. The van der Waals surface area contributed by atoms with Gasteiger partial charge in [0.25, 0.3) is 0 Å². The fourth-order valence-corrected chi connectivity index (χ4v) is 2.80. The van der Waals surface area contributed by atoms with Gasteiger partial charge < -0.3 is 14.5 Å². The van der Waals surface area contributed by atoms with Gasteiger partial charge in [-0.25, -0.2) is 9.97 Å². The number of rotatable bonds is 5. The van der Waals surface area contributed by atoms with Gasteiger partial charge in [-0.3, -0.25) is 4.68 Å². The van der Waals surface area contributed by atoms with E-state index in [4.69, 9.17) is 4.74 Å². The SMILES string of the molecule is CCOCc1nc(C)cc(N2CCN(c3cnn(C)c3)CC2)n1. The molecule has 7 heteroatoms. The molecule has 0 saturated carbocycles. The van der Waals surface area contributed by atoms with Crippen molar-refractivity contribution >= 4 is 11.5 Å². The summed E-state index contributed by atoms with van der Waals surface area (Å²) in [6.07, 6.45) is 3.98. The van der Waals surface area contributed by atoms with Gasteiger partial charge in [-0.15, -0.1) is 0 Å². The quantitative estimate of drug-likeness (QED) is 0.830. The molecule has 0 spiro atoms. The molecule has 124 valence electrons. The third-order valence-corrected chi connectivity index (χ3v) is 3.98. The number of hydrogen-bond donors (Lipinski definition) is 0. The minimum absolute atomic E-state index is 0.473. The maximum Gasteiger partial charge on any atom is 0.156 e. The summed E-state index contributed by atoms with van der Waals surface area (Å²) in [5.74, 6) is 1.76. The Labute approximate surface area is 136 Å². The summed E-state index contributed by atoms with van der Waals surface area (Å²) in [6.45, 7) is 8.96. The van der Waals surface area contributed by atoms with E-state index < -0.39 is 0 Å². The number of aryl methyl sites for hydroxylation is 2. The van der Waals surface area contributed by atoms with Crippen molar-refractivity contribution < 1.29 is 4.74 Å². The molecule has 2 aromatic rings. The lowest BCUT2D eigenvalue weighted by molar-refractivity contribution is 0.128. The Morgan fingerprint density at radius 3 is 2.52 bits per heavy atom. The zero-order valence-electron chi connectivity index (χ0n) is 14.1. The zero-order chi connectivity index (χ0) is 16.2. The average Bonchev–Trinajstić information content (AvgIpc) is 2.99. The molecule has 0 atom stereocenters. The fraction of sp³-hybridized carbons (Fsp3) is 0.562. The van der Waals surface area contributed by atoms with Crippen LogP contribution in [-0.4, -0.2) is 52.5 Å². The van der Waals surface area contributed by atoms with Crippen LogP contribution in [0.1, 0.15) is 18.4 Å². The molecule has 2 aromatic heterocycles. The summed E-state index contributed by atoms with van der Waals surface area (Å²) in [6, 6.07) is 2.05. The van der Waals surface area contributed by atoms with E-state index in [0.717, 1.165) is 43.5 Å². The van der Waals surface area contributed by atoms with Crippen LogP contribution in [0.2, 0.25) is 0 Å². The van der Waals surface area contributed by atoms with Crippen molar-refractivity contribution in [3.63, 3.8) is 0 Å². The summed E-state index contributed by atoms with van der Waals surface area (Å²) in [7, 11) is 1.95. The van der Waals surface area contributed by atoms with Gasteiger partial charge in [0, 0.05) is 57.8 Å². The Kier molecular flexibility index (Phi) is 4.76. The maximum absolute atomic E-state index is 5.43. The van der Waals surface area contributed by atoms with Crippen LogP contribution in [0.5, 0.6) is 0 Å². The van der Waals surface area contributed by atoms with Gasteiger partial charge >= 0.3 is 0 Å². The molecule has 1 aliphatic rings. The number of nitrogens with zero attached hydrogens (tertiary/aromatic N) is 6. The van der Waals surface area contributed by atoms with Crippen LogP contribution < -0.4 is 9.80 Å². The van der Waals surface area contributed by atoms with Crippen molar-refractivity contribution in [1.29, 1.82) is 0 Å². The predicted molar refractivity (Wildman–Crippen MR) is 89.7 cm³/mol. The van der Waals surface area contributed by atoms with E-state index in [2.05, 4.69) is 37.1 Å². The van der Waals surface area contributed by atoms with Crippen LogP contribution >= 0.6 is 0 Å². The average molecular weight is 316 g/mol. The van der Waals surface area contributed by atoms with E-state index in [-0.39, 0.29) is 0 Å². The minimum Gasteiger partial charge on any atom is -0.374 e. The molecule has 0 radical (unpaired) electrons. The number of aromatic nitrogens is 4. The maximum atomic E-state index is 5.43. The Hall–Kier alpha value is -2.15. The number of anilines is 2. The lowest BCUT2D eigenvalue weighted by Gasteiger charge is -2.36. The largest absolute Gasteiger partial charge is 0.374 e. The van der Waals surface area contributed by atoms with Crippen LogP contribution in [0.25, 0.3) is 0 Å². The highest BCUT2D eigenvalue weighted by molar-refractivity contribution is 5.47. The molecule has 0 bridgehead atoms. The highest BCUT2D eigenvalue weighted by atomic mass is 16.5. The van der Waals surface area contributed by atoms with Crippen LogP contribution in [0, 0.1) is 6.92 Å². The van der Waals surface area contributed by atoms with Crippen LogP contribution in [0.3, 0.4) is 0 Å². The molecule has 0 aliphatic carbocycles. The van der Waals surface area contributed by atoms with Crippen molar-refractivity contribution in [3.05, 3.63) is 30.0 Å². The van der Waals surface area contributed by atoms with Crippen LogP contribution in [0.4, 0.5) is 11.5 Å². The highest BCUT2D eigenvalue weighted by Crippen LogP contribution is 2.19. The second-order valence-corrected chi connectivity index (χ2v) is 5.77.